The van der Waals surface area contributed by atoms with E-state index in [0.29, 0.717) is 6.61 Å². The maximum absolute atomic E-state index is 9.82. The average Bonchev–Trinajstić information content (AvgIpc) is 2.29. The monoisotopic (exact) mass is 238 g/mol. The minimum atomic E-state index is -0.892. The SMILES string of the molecule is C[C@H]1O[C@@H](O)C[C@@H](O)[C@@H]1OCc1ccccc1. The first kappa shape index (κ1) is 12.5. The van der Waals surface area contributed by atoms with E-state index in [1.807, 2.05) is 30.3 Å². The summed E-state index contributed by atoms with van der Waals surface area (Å²) in [6.07, 6.45) is -2.07. The highest BCUT2D eigenvalue weighted by Crippen LogP contribution is 2.22. The van der Waals surface area contributed by atoms with Crippen molar-refractivity contribution in [2.24, 2.45) is 0 Å². The van der Waals surface area contributed by atoms with Gasteiger partial charge in [-0.3, -0.25) is 0 Å². The third-order valence-electron chi connectivity index (χ3n) is 2.94. The zero-order valence-corrected chi connectivity index (χ0v) is 9.82. The second kappa shape index (κ2) is 5.60. The number of aliphatic hydroxyl groups excluding tert-OH is 2. The molecule has 1 aliphatic heterocycles. The summed E-state index contributed by atoms with van der Waals surface area (Å²) in [5, 5.41) is 19.1. The second-order valence-corrected chi connectivity index (χ2v) is 4.36. The Morgan fingerprint density at radius 2 is 2.00 bits per heavy atom. The van der Waals surface area contributed by atoms with Crippen LogP contribution in [-0.2, 0) is 16.1 Å². The molecule has 0 amide bonds. The number of benzene rings is 1. The highest BCUT2D eigenvalue weighted by molar-refractivity contribution is 5.13. The van der Waals surface area contributed by atoms with Crippen molar-refractivity contribution < 1.29 is 19.7 Å². The summed E-state index contributed by atoms with van der Waals surface area (Å²) in [5.74, 6) is 0. The summed E-state index contributed by atoms with van der Waals surface area (Å²) in [5.41, 5.74) is 1.05. The van der Waals surface area contributed by atoms with Crippen LogP contribution in [-0.4, -0.2) is 34.8 Å². The summed E-state index contributed by atoms with van der Waals surface area (Å²) in [7, 11) is 0. The van der Waals surface area contributed by atoms with Crippen molar-refractivity contribution in [2.75, 3.05) is 0 Å². The first-order valence-electron chi connectivity index (χ1n) is 5.84. The maximum atomic E-state index is 9.82. The summed E-state index contributed by atoms with van der Waals surface area (Å²) in [4.78, 5) is 0. The molecule has 1 heterocycles. The first-order valence-corrected chi connectivity index (χ1v) is 5.84. The molecule has 4 nitrogen and oxygen atoms in total. The Hall–Kier alpha value is -0.940. The van der Waals surface area contributed by atoms with Gasteiger partial charge < -0.3 is 19.7 Å². The van der Waals surface area contributed by atoms with E-state index in [-0.39, 0.29) is 12.5 Å². The molecular formula is C13H18O4. The Balaban J connectivity index is 1.90. The van der Waals surface area contributed by atoms with Crippen molar-refractivity contribution in [1.82, 2.24) is 0 Å². The van der Waals surface area contributed by atoms with E-state index in [9.17, 15) is 10.2 Å². The lowest BCUT2D eigenvalue weighted by Gasteiger charge is -2.35. The quantitative estimate of drug-likeness (QED) is 0.826. The van der Waals surface area contributed by atoms with Gasteiger partial charge in [0.15, 0.2) is 6.29 Å². The summed E-state index contributed by atoms with van der Waals surface area (Å²) in [6, 6.07) is 9.77. The Morgan fingerprint density at radius 3 is 2.65 bits per heavy atom. The number of ether oxygens (including phenoxy) is 2. The van der Waals surface area contributed by atoms with Crippen molar-refractivity contribution in [3.63, 3.8) is 0 Å². The van der Waals surface area contributed by atoms with Crippen LogP contribution in [0.3, 0.4) is 0 Å². The maximum Gasteiger partial charge on any atom is 0.157 e. The Bertz CT molecular complexity index is 329. The fraction of sp³-hybridized carbons (Fsp3) is 0.538. The van der Waals surface area contributed by atoms with E-state index in [2.05, 4.69) is 0 Å². The summed E-state index contributed by atoms with van der Waals surface area (Å²) in [6.45, 7) is 2.23. The van der Waals surface area contributed by atoms with Gasteiger partial charge in [-0.05, 0) is 12.5 Å². The molecule has 94 valence electrons. The van der Waals surface area contributed by atoms with Crippen LogP contribution in [0.4, 0.5) is 0 Å². The van der Waals surface area contributed by atoms with Gasteiger partial charge in [0.1, 0.15) is 6.10 Å². The molecule has 0 bridgehead atoms. The predicted molar refractivity (Wildman–Crippen MR) is 62.2 cm³/mol. The molecular weight excluding hydrogens is 220 g/mol. The van der Waals surface area contributed by atoms with E-state index >= 15 is 0 Å². The molecule has 2 rings (SSSR count). The number of hydrogen-bond acceptors (Lipinski definition) is 4. The zero-order chi connectivity index (χ0) is 12.3. The van der Waals surface area contributed by atoms with E-state index in [1.54, 1.807) is 6.92 Å². The van der Waals surface area contributed by atoms with Gasteiger partial charge in [-0.2, -0.15) is 0 Å². The van der Waals surface area contributed by atoms with Crippen molar-refractivity contribution in [1.29, 1.82) is 0 Å². The molecule has 1 aromatic rings. The molecule has 0 spiro atoms. The van der Waals surface area contributed by atoms with Gasteiger partial charge in [-0.15, -0.1) is 0 Å². The average molecular weight is 238 g/mol. The minimum absolute atomic E-state index is 0.198. The molecule has 0 saturated carbocycles. The molecule has 0 aromatic heterocycles. The van der Waals surface area contributed by atoms with Gasteiger partial charge >= 0.3 is 0 Å². The standard InChI is InChI=1S/C13H18O4/c1-9-13(11(14)7-12(15)17-9)16-8-10-5-3-2-4-6-10/h2-6,9,11-15H,7-8H2,1H3/t9-,11-,12-,13-/m1/s1. The van der Waals surface area contributed by atoms with Gasteiger partial charge in [0.05, 0.1) is 18.8 Å². The molecule has 4 heteroatoms. The molecule has 0 aliphatic carbocycles. The van der Waals surface area contributed by atoms with E-state index in [4.69, 9.17) is 9.47 Å². The second-order valence-electron chi connectivity index (χ2n) is 4.36. The van der Waals surface area contributed by atoms with Gasteiger partial charge in [-0.1, -0.05) is 30.3 Å². The van der Waals surface area contributed by atoms with Crippen molar-refractivity contribution >= 4 is 0 Å². The molecule has 1 fully saturated rings. The largest absolute Gasteiger partial charge is 0.390 e. The first-order chi connectivity index (χ1) is 8.16. The van der Waals surface area contributed by atoms with Crippen LogP contribution in [0.1, 0.15) is 18.9 Å². The Morgan fingerprint density at radius 1 is 1.29 bits per heavy atom. The Labute approximate surface area is 101 Å². The third kappa shape index (κ3) is 3.26. The molecule has 1 saturated heterocycles. The summed E-state index contributed by atoms with van der Waals surface area (Å²) >= 11 is 0. The topological polar surface area (TPSA) is 58.9 Å². The highest BCUT2D eigenvalue weighted by Gasteiger charge is 2.35. The number of hydrogen-bond donors (Lipinski definition) is 2. The van der Waals surface area contributed by atoms with Crippen LogP contribution in [0.2, 0.25) is 0 Å². The molecule has 2 N–H and O–H groups in total. The van der Waals surface area contributed by atoms with Crippen molar-refractivity contribution in [3.05, 3.63) is 35.9 Å². The predicted octanol–water partition coefficient (Wildman–Crippen LogP) is 1.06. The normalized spacial score (nSPS) is 33.6. The fourth-order valence-corrected chi connectivity index (χ4v) is 2.05. The smallest absolute Gasteiger partial charge is 0.157 e. The van der Waals surface area contributed by atoms with Crippen LogP contribution in [0, 0.1) is 0 Å². The van der Waals surface area contributed by atoms with Crippen LogP contribution in [0.25, 0.3) is 0 Å². The lowest BCUT2D eigenvalue weighted by molar-refractivity contribution is -0.240. The van der Waals surface area contributed by atoms with Crippen molar-refractivity contribution in [3.8, 4) is 0 Å². The van der Waals surface area contributed by atoms with Gasteiger partial charge in [0, 0.05) is 6.42 Å². The van der Waals surface area contributed by atoms with Crippen molar-refractivity contribution in [2.45, 2.75) is 44.6 Å². The van der Waals surface area contributed by atoms with Crippen LogP contribution < -0.4 is 0 Å². The van der Waals surface area contributed by atoms with E-state index in [0.717, 1.165) is 5.56 Å². The highest BCUT2D eigenvalue weighted by atomic mass is 16.6. The van der Waals surface area contributed by atoms with E-state index in [1.165, 1.54) is 0 Å². The van der Waals surface area contributed by atoms with Gasteiger partial charge in [0.2, 0.25) is 0 Å². The molecule has 1 aliphatic rings. The van der Waals surface area contributed by atoms with Crippen LogP contribution in [0.15, 0.2) is 30.3 Å². The minimum Gasteiger partial charge on any atom is -0.390 e. The Kier molecular flexibility index (Phi) is 4.12. The number of rotatable bonds is 3. The molecule has 17 heavy (non-hydrogen) atoms. The lowest BCUT2D eigenvalue weighted by Crippen LogP contribution is -2.48. The van der Waals surface area contributed by atoms with Gasteiger partial charge in [0.25, 0.3) is 0 Å². The third-order valence-corrected chi connectivity index (χ3v) is 2.94. The molecule has 0 radical (unpaired) electrons. The zero-order valence-electron chi connectivity index (χ0n) is 9.82. The lowest BCUT2D eigenvalue weighted by atomic mass is 10.0. The van der Waals surface area contributed by atoms with Crippen LogP contribution >= 0.6 is 0 Å². The molecule has 4 atom stereocenters. The molecule has 0 unspecified atom stereocenters. The fourth-order valence-electron chi connectivity index (χ4n) is 2.05. The van der Waals surface area contributed by atoms with Crippen LogP contribution in [0.5, 0.6) is 0 Å². The molecule has 1 aromatic carbocycles. The van der Waals surface area contributed by atoms with Gasteiger partial charge in [-0.25, -0.2) is 0 Å². The summed E-state index contributed by atoms with van der Waals surface area (Å²) < 4.78 is 10.9. The number of aliphatic hydroxyl groups is 2. The van der Waals surface area contributed by atoms with E-state index < -0.39 is 18.5 Å².